The first-order chi connectivity index (χ1) is 9.65. The summed E-state index contributed by atoms with van der Waals surface area (Å²) in [6.45, 7) is 0. The molecule has 6 nitrogen and oxygen atoms in total. The van der Waals surface area contributed by atoms with Gasteiger partial charge in [0.25, 0.3) is 0 Å². The predicted molar refractivity (Wildman–Crippen MR) is 72.0 cm³/mol. The van der Waals surface area contributed by atoms with Gasteiger partial charge in [-0.1, -0.05) is 6.07 Å². The van der Waals surface area contributed by atoms with Crippen molar-refractivity contribution >= 4 is 17.0 Å². The van der Waals surface area contributed by atoms with E-state index in [1.165, 1.54) is 12.1 Å². The van der Waals surface area contributed by atoms with Crippen LogP contribution in [0.15, 0.2) is 42.9 Å². The van der Waals surface area contributed by atoms with Gasteiger partial charge in [-0.15, -0.1) is 0 Å². The van der Waals surface area contributed by atoms with E-state index in [4.69, 9.17) is 9.84 Å². The zero-order valence-electron chi connectivity index (χ0n) is 10.6. The number of ether oxygens (including phenoxy) is 1. The molecule has 3 rings (SSSR count). The number of carboxylic acids is 1. The first kappa shape index (κ1) is 12.2. The number of aryl methyl sites for hydroxylation is 1. The molecule has 100 valence electrons. The minimum atomic E-state index is -1.00. The Labute approximate surface area is 114 Å². The van der Waals surface area contributed by atoms with Crippen LogP contribution in [0.5, 0.6) is 11.6 Å². The van der Waals surface area contributed by atoms with Crippen molar-refractivity contribution < 1.29 is 14.6 Å². The zero-order chi connectivity index (χ0) is 14.1. The smallest absolute Gasteiger partial charge is 0.335 e. The fraction of sp³-hybridized carbons (Fsp3) is 0.0714. The van der Waals surface area contributed by atoms with Crippen LogP contribution in [-0.2, 0) is 7.05 Å². The summed E-state index contributed by atoms with van der Waals surface area (Å²) in [7, 11) is 1.88. The second-order valence-corrected chi connectivity index (χ2v) is 4.27. The molecule has 0 atom stereocenters. The van der Waals surface area contributed by atoms with E-state index in [-0.39, 0.29) is 5.56 Å². The third-order valence-corrected chi connectivity index (χ3v) is 2.90. The summed E-state index contributed by atoms with van der Waals surface area (Å²) in [5, 5.41) is 8.96. The van der Waals surface area contributed by atoms with Crippen LogP contribution in [0.4, 0.5) is 0 Å². The van der Waals surface area contributed by atoms with Crippen molar-refractivity contribution in [3.05, 3.63) is 48.4 Å². The Kier molecular flexibility index (Phi) is 2.83. The van der Waals surface area contributed by atoms with Gasteiger partial charge in [-0.25, -0.2) is 14.8 Å². The molecule has 6 heteroatoms. The van der Waals surface area contributed by atoms with E-state index < -0.39 is 5.97 Å². The predicted octanol–water partition coefficient (Wildman–Crippen LogP) is 2.46. The Balaban J connectivity index is 2.01. The van der Waals surface area contributed by atoms with Crippen molar-refractivity contribution in [3.63, 3.8) is 0 Å². The second-order valence-electron chi connectivity index (χ2n) is 4.27. The highest BCUT2D eigenvalue weighted by atomic mass is 16.5. The van der Waals surface area contributed by atoms with Crippen LogP contribution < -0.4 is 4.74 Å². The highest BCUT2D eigenvalue weighted by Gasteiger charge is 2.10. The Morgan fingerprint density at radius 3 is 2.95 bits per heavy atom. The molecule has 1 N–H and O–H groups in total. The molecule has 0 unspecified atom stereocenters. The number of benzene rings is 1. The third-order valence-electron chi connectivity index (χ3n) is 2.90. The molecule has 3 aromatic rings. The van der Waals surface area contributed by atoms with E-state index in [0.717, 1.165) is 5.52 Å². The number of aromatic nitrogens is 3. The van der Waals surface area contributed by atoms with Crippen LogP contribution in [0.3, 0.4) is 0 Å². The summed E-state index contributed by atoms with van der Waals surface area (Å²) in [4.78, 5) is 19.3. The third kappa shape index (κ3) is 2.07. The lowest BCUT2D eigenvalue weighted by Crippen LogP contribution is -1.96. The fourth-order valence-electron chi connectivity index (χ4n) is 1.92. The van der Waals surface area contributed by atoms with Gasteiger partial charge in [0.2, 0.25) is 5.88 Å². The summed E-state index contributed by atoms with van der Waals surface area (Å²) in [6.07, 6.45) is 3.30. The fourth-order valence-corrected chi connectivity index (χ4v) is 1.92. The van der Waals surface area contributed by atoms with E-state index in [1.807, 2.05) is 17.7 Å². The number of rotatable bonds is 3. The van der Waals surface area contributed by atoms with Gasteiger partial charge >= 0.3 is 5.97 Å². The molecule has 20 heavy (non-hydrogen) atoms. The summed E-state index contributed by atoms with van der Waals surface area (Å²) < 4.78 is 7.50. The van der Waals surface area contributed by atoms with Crippen LogP contribution in [0.1, 0.15) is 10.4 Å². The van der Waals surface area contributed by atoms with Crippen molar-refractivity contribution in [2.24, 2.45) is 7.05 Å². The van der Waals surface area contributed by atoms with Gasteiger partial charge in [0, 0.05) is 13.2 Å². The largest absolute Gasteiger partial charge is 0.478 e. The number of carboxylic acid groups (broad SMARTS) is 1. The standard InChI is InChI=1S/C14H11N3O3/c1-17-8-16-12-11(17)5-6-15-13(12)20-10-4-2-3-9(7-10)14(18)19/h2-8H,1H3,(H,18,19). The number of pyridine rings is 1. The molecule has 0 saturated heterocycles. The quantitative estimate of drug-likeness (QED) is 0.790. The molecule has 0 spiro atoms. The van der Waals surface area contributed by atoms with E-state index in [0.29, 0.717) is 17.1 Å². The van der Waals surface area contributed by atoms with Crippen LogP contribution in [-0.4, -0.2) is 25.6 Å². The molecule has 0 radical (unpaired) electrons. The van der Waals surface area contributed by atoms with Crippen molar-refractivity contribution in [1.82, 2.24) is 14.5 Å². The van der Waals surface area contributed by atoms with Crippen LogP contribution in [0, 0.1) is 0 Å². The van der Waals surface area contributed by atoms with Gasteiger partial charge in [-0.3, -0.25) is 0 Å². The number of carbonyl (C=O) groups is 1. The first-order valence-corrected chi connectivity index (χ1v) is 5.92. The van der Waals surface area contributed by atoms with Gasteiger partial charge in [0.15, 0.2) is 5.52 Å². The minimum absolute atomic E-state index is 0.163. The van der Waals surface area contributed by atoms with E-state index in [1.54, 1.807) is 24.7 Å². The van der Waals surface area contributed by atoms with Crippen LogP contribution in [0.2, 0.25) is 0 Å². The maximum Gasteiger partial charge on any atom is 0.335 e. The minimum Gasteiger partial charge on any atom is -0.478 e. The number of hydrogen-bond acceptors (Lipinski definition) is 4. The first-order valence-electron chi connectivity index (χ1n) is 5.92. The van der Waals surface area contributed by atoms with Gasteiger partial charge < -0.3 is 14.4 Å². The molecule has 0 aliphatic heterocycles. The summed E-state index contributed by atoms with van der Waals surface area (Å²) in [6, 6.07) is 8.09. The highest BCUT2D eigenvalue weighted by molar-refractivity contribution is 5.88. The highest BCUT2D eigenvalue weighted by Crippen LogP contribution is 2.26. The lowest BCUT2D eigenvalue weighted by Gasteiger charge is -2.06. The Hall–Kier alpha value is -2.89. The molecule has 0 fully saturated rings. The molecular formula is C14H11N3O3. The van der Waals surface area contributed by atoms with Gasteiger partial charge in [-0.2, -0.15) is 0 Å². The molecule has 0 aliphatic carbocycles. The Morgan fingerprint density at radius 1 is 1.30 bits per heavy atom. The number of nitrogens with zero attached hydrogens (tertiary/aromatic N) is 3. The van der Waals surface area contributed by atoms with E-state index in [2.05, 4.69) is 9.97 Å². The maximum atomic E-state index is 10.9. The van der Waals surface area contributed by atoms with E-state index in [9.17, 15) is 4.79 Å². The molecule has 0 bridgehead atoms. The molecular weight excluding hydrogens is 258 g/mol. The molecule has 2 heterocycles. The normalized spacial score (nSPS) is 10.7. The molecule has 0 amide bonds. The molecule has 1 aromatic carbocycles. The topological polar surface area (TPSA) is 77.2 Å². The number of aromatic carboxylic acids is 1. The summed E-state index contributed by atoms with van der Waals surface area (Å²) in [5.74, 6) is -0.236. The Morgan fingerprint density at radius 2 is 2.15 bits per heavy atom. The van der Waals surface area contributed by atoms with Gasteiger partial charge in [-0.05, 0) is 24.3 Å². The van der Waals surface area contributed by atoms with E-state index >= 15 is 0 Å². The second kappa shape index (κ2) is 4.65. The summed E-state index contributed by atoms with van der Waals surface area (Å²) in [5.41, 5.74) is 1.69. The Bertz CT molecular complexity index is 795. The van der Waals surface area contributed by atoms with Gasteiger partial charge in [0.05, 0.1) is 17.4 Å². The van der Waals surface area contributed by atoms with Crippen molar-refractivity contribution in [2.45, 2.75) is 0 Å². The van der Waals surface area contributed by atoms with Crippen LogP contribution >= 0.6 is 0 Å². The number of imidazole rings is 1. The van der Waals surface area contributed by atoms with Crippen molar-refractivity contribution in [2.75, 3.05) is 0 Å². The average Bonchev–Trinajstić information content (AvgIpc) is 2.82. The lowest BCUT2D eigenvalue weighted by atomic mass is 10.2. The van der Waals surface area contributed by atoms with Crippen molar-refractivity contribution in [1.29, 1.82) is 0 Å². The molecule has 0 saturated carbocycles. The monoisotopic (exact) mass is 269 g/mol. The van der Waals surface area contributed by atoms with Crippen LogP contribution in [0.25, 0.3) is 11.0 Å². The van der Waals surface area contributed by atoms with Crippen molar-refractivity contribution in [3.8, 4) is 11.6 Å². The lowest BCUT2D eigenvalue weighted by molar-refractivity contribution is 0.0696. The SMILES string of the molecule is Cn1cnc2c(Oc3cccc(C(=O)O)c3)nccc21. The zero-order valence-corrected chi connectivity index (χ0v) is 10.6. The summed E-state index contributed by atoms with van der Waals surface area (Å²) >= 11 is 0. The maximum absolute atomic E-state index is 10.9. The molecule has 2 aromatic heterocycles. The molecule has 0 aliphatic rings. The number of fused-ring (bicyclic) bond motifs is 1. The average molecular weight is 269 g/mol. The number of hydrogen-bond donors (Lipinski definition) is 1. The van der Waals surface area contributed by atoms with Gasteiger partial charge in [0.1, 0.15) is 5.75 Å².